The van der Waals surface area contributed by atoms with E-state index in [2.05, 4.69) is 4.90 Å². The van der Waals surface area contributed by atoms with Crippen LogP contribution in [0.2, 0.25) is 0 Å². The van der Waals surface area contributed by atoms with Crippen molar-refractivity contribution in [3.8, 4) is 0 Å². The molecule has 4 bridgehead atoms. The molecule has 1 atom stereocenters. The molecule has 4 saturated carbocycles. The van der Waals surface area contributed by atoms with Crippen molar-refractivity contribution in [2.45, 2.75) is 57.4 Å². The number of nitrogens with zero attached hydrogens (tertiary/aromatic N) is 1. The Bertz CT molecular complexity index is 366. The van der Waals surface area contributed by atoms with Crippen LogP contribution in [0, 0.1) is 29.6 Å². The van der Waals surface area contributed by atoms with Gasteiger partial charge in [-0.3, -0.25) is 4.79 Å². The Morgan fingerprint density at radius 3 is 2.25 bits per heavy atom. The summed E-state index contributed by atoms with van der Waals surface area (Å²) in [7, 11) is 0. The monoisotopic (exact) mass is 277 g/mol. The van der Waals surface area contributed by atoms with E-state index in [1.165, 1.54) is 32.1 Å². The molecule has 1 amide bonds. The van der Waals surface area contributed by atoms with E-state index in [1.807, 2.05) is 0 Å². The van der Waals surface area contributed by atoms with Crippen LogP contribution in [0.15, 0.2) is 0 Å². The molecule has 3 heteroatoms. The second-order valence-electron chi connectivity index (χ2n) is 7.82. The van der Waals surface area contributed by atoms with Gasteiger partial charge in [0.1, 0.15) is 0 Å². The first-order valence-corrected chi connectivity index (χ1v) is 8.67. The highest BCUT2D eigenvalue weighted by molar-refractivity contribution is 5.80. The van der Waals surface area contributed by atoms with E-state index in [0.717, 1.165) is 37.6 Å². The number of rotatable bonds is 2. The summed E-state index contributed by atoms with van der Waals surface area (Å²) in [5.41, 5.74) is 0. The third-order valence-corrected chi connectivity index (χ3v) is 6.63. The summed E-state index contributed by atoms with van der Waals surface area (Å²) in [5.74, 6) is 3.89. The predicted molar refractivity (Wildman–Crippen MR) is 77.0 cm³/mol. The van der Waals surface area contributed by atoms with Crippen LogP contribution in [0.4, 0.5) is 0 Å². The lowest BCUT2D eigenvalue weighted by atomic mass is 9.51. The number of aliphatic hydroxyl groups excluding tert-OH is 1. The lowest BCUT2D eigenvalue weighted by Crippen LogP contribution is -2.55. The van der Waals surface area contributed by atoms with Crippen molar-refractivity contribution in [2.24, 2.45) is 29.6 Å². The average molecular weight is 277 g/mol. The third kappa shape index (κ3) is 2.01. The molecule has 0 aromatic rings. The van der Waals surface area contributed by atoms with E-state index in [9.17, 15) is 9.90 Å². The lowest BCUT2D eigenvalue weighted by Gasteiger charge is -2.55. The summed E-state index contributed by atoms with van der Waals surface area (Å²) in [4.78, 5) is 15.1. The topological polar surface area (TPSA) is 40.5 Å². The van der Waals surface area contributed by atoms with Crippen molar-refractivity contribution < 1.29 is 9.90 Å². The van der Waals surface area contributed by atoms with Crippen molar-refractivity contribution in [1.29, 1.82) is 0 Å². The minimum atomic E-state index is 0.105. The summed E-state index contributed by atoms with van der Waals surface area (Å²) < 4.78 is 0. The van der Waals surface area contributed by atoms with Crippen molar-refractivity contribution in [3.05, 3.63) is 0 Å². The van der Waals surface area contributed by atoms with Crippen LogP contribution in [0.1, 0.15) is 51.4 Å². The van der Waals surface area contributed by atoms with E-state index >= 15 is 0 Å². The number of amides is 1. The molecule has 3 nitrogen and oxygen atoms in total. The fraction of sp³-hybridized carbons (Fsp3) is 0.941. The maximum atomic E-state index is 13.1. The van der Waals surface area contributed by atoms with Crippen LogP contribution in [-0.4, -0.2) is 35.1 Å². The number of carbonyl (C=O) groups is 1. The second kappa shape index (κ2) is 5.01. The fourth-order valence-electron chi connectivity index (χ4n) is 6.00. The van der Waals surface area contributed by atoms with E-state index in [4.69, 9.17) is 0 Å². The first-order valence-electron chi connectivity index (χ1n) is 8.67. The number of carbonyl (C=O) groups excluding carboxylic acids is 1. The summed E-state index contributed by atoms with van der Waals surface area (Å²) in [6.45, 7) is 1.03. The number of aliphatic hydroxyl groups is 1. The van der Waals surface area contributed by atoms with E-state index < -0.39 is 0 Å². The van der Waals surface area contributed by atoms with Gasteiger partial charge in [-0.05, 0) is 75.0 Å². The van der Waals surface area contributed by atoms with Crippen LogP contribution < -0.4 is 0 Å². The Balaban J connectivity index is 1.53. The number of piperidine rings is 1. The molecule has 4 aliphatic carbocycles. The van der Waals surface area contributed by atoms with Gasteiger partial charge in [0.25, 0.3) is 0 Å². The van der Waals surface area contributed by atoms with Crippen LogP contribution in [-0.2, 0) is 4.79 Å². The largest absolute Gasteiger partial charge is 0.394 e. The Morgan fingerprint density at radius 1 is 1.00 bits per heavy atom. The molecule has 0 aromatic carbocycles. The smallest absolute Gasteiger partial charge is 0.226 e. The van der Waals surface area contributed by atoms with Gasteiger partial charge in [0, 0.05) is 12.5 Å². The van der Waals surface area contributed by atoms with Gasteiger partial charge >= 0.3 is 0 Å². The Labute approximate surface area is 121 Å². The van der Waals surface area contributed by atoms with Gasteiger partial charge in [-0.1, -0.05) is 0 Å². The maximum Gasteiger partial charge on any atom is 0.226 e. The van der Waals surface area contributed by atoms with Crippen molar-refractivity contribution in [1.82, 2.24) is 4.90 Å². The molecule has 20 heavy (non-hydrogen) atoms. The molecule has 112 valence electrons. The highest BCUT2D eigenvalue weighted by atomic mass is 16.3. The standard InChI is InChI=1S/C17H27NO2/c19-10-15-3-1-2-4-18(15)17(20)16-13-6-11-5-12(8-13)9-14(16)7-11/h11-16,19H,1-10H2. The minimum absolute atomic E-state index is 0.105. The molecule has 5 aliphatic rings. The molecule has 0 spiro atoms. The zero-order valence-electron chi connectivity index (χ0n) is 12.3. The first kappa shape index (κ1) is 13.1. The van der Waals surface area contributed by atoms with Gasteiger partial charge in [-0.2, -0.15) is 0 Å². The molecular formula is C17H27NO2. The summed E-state index contributed by atoms with van der Waals surface area (Å²) in [6.07, 6.45) is 9.95. The molecule has 1 unspecified atom stereocenters. The number of hydrogen-bond acceptors (Lipinski definition) is 2. The van der Waals surface area contributed by atoms with Crippen molar-refractivity contribution >= 4 is 5.91 Å². The molecule has 1 saturated heterocycles. The Morgan fingerprint density at radius 2 is 1.65 bits per heavy atom. The van der Waals surface area contributed by atoms with Crippen LogP contribution in [0.25, 0.3) is 0 Å². The van der Waals surface area contributed by atoms with E-state index in [-0.39, 0.29) is 12.6 Å². The minimum Gasteiger partial charge on any atom is -0.394 e. The van der Waals surface area contributed by atoms with Gasteiger partial charge in [0.05, 0.1) is 12.6 Å². The molecule has 1 N–H and O–H groups in total. The predicted octanol–water partition coefficient (Wildman–Crippen LogP) is 2.43. The van der Waals surface area contributed by atoms with Crippen LogP contribution >= 0.6 is 0 Å². The van der Waals surface area contributed by atoms with Crippen LogP contribution in [0.3, 0.4) is 0 Å². The van der Waals surface area contributed by atoms with Gasteiger partial charge in [0.2, 0.25) is 5.91 Å². The number of hydrogen-bond donors (Lipinski definition) is 1. The third-order valence-electron chi connectivity index (χ3n) is 6.63. The molecule has 5 fully saturated rings. The quantitative estimate of drug-likeness (QED) is 0.842. The second-order valence-corrected chi connectivity index (χ2v) is 7.82. The van der Waals surface area contributed by atoms with Crippen molar-refractivity contribution in [3.63, 3.8) is 0 Å². The highest BCUT2D eigenvalue weighted by Crippen LogP contribution is 2.57. The zero-order chi connectivity index (χ0) is 13.7. The summed E-state index contributed by atoms with van der Waals surface area (Å²) >= 11 is 0. The SMILES string of the molecule is O=C(C1C2CC3CC(C2)CC1C3)N1CCCCC1CO. The van der Waals surface area contributed by atoms with Gasteiger partial charge in [0.15, 0.2) is 0 Å². The van der Waals surface area contributed by atoms with Gasteiger partial charge < -0.3 is 10.0 Å². The molecule has 1 aliphatic heterocycles. The summed E-state index contributed by atoms with van der Waals surface area (Å²) in [6, 6.07) is 0.105. The van der Waals surface area contributed by atoms with E-state index in [1.54, 1.807) is 0 Å². The fourth-order valence-corrected chi connectivity index (χ4v) is 6.00. The zero-order valence-corrected chi connectivity index (χ0v) is 12.3. The van der Waals surface area contributed by atoms with Crippen LogP contribution in [0.5, 0.6) is 0 Å². The lowest BCUT2D eigenvalue weighted by molar-refractivity contribution is -0.153. The Kier molecular flexibility index (Phi) is 3.29. The van der Waals surface area contributed by atoms with Gasteiger partial charge in [-0.15, -0.1) is 0 Å². The van der Waals surface area contributed by atoms with Gasteiger partial charge in [-0.25, -0.2) is 0 Å². The summed E-state index contributed by atoms with van der Waals surface area (Å²) in [5, 5.41) is 9.57. The highest BCUT2D eigenvalue weighted by Gasteiger charge is 2.52. The van der Waals surface area contributed by atoms with E-state index in [0.29, 0.717) is 23.7 Å². The molecule has 1 heterocycles. The molecule has 0 aromatic heterocycles. The Hall–Kier alpha value is -0.570. The average Bonchev–Trinajstić information content (AvgIpc) is 2.46. The molecule has 0 radical (unpaired) electrons. The van der Waals surface area contributed by atoms with Crippen molar-refractivity contribution in [2.75, 3.05) is 13.2 Å². The maximum absolute atomic E-state index is 13.1. The molecule has 5 rings (SSSR count). The first-order chi connectivity index (χ1) is 9.76. The normalized spacial score (nSPS) is 46.8. The molecular weight excluding hydrogens is 250 g/mol. The number of likely N-dealkylation sites (tertiary alicyclic amines) is 1.